The monoisotopic (exact) mass is 506 g/mol. The van der Waals surface area contributed by atoms with Gasteiger partial charge in [-0.3, -0.25) is 5.26 Å². The lowest BCUT2D eigenvalue weighted by atomic mass is 9.76. The van der Waals surface area contributed by atoms with Crippen LogP contribution in [0.4, 0.5) is 0 Å². The number of hydrogen-bond donors (Lipinski definition) is 2. The Kier molecular flexibility index (Phi) is 18.8. The van der Waals surface area contributed by atoms with E-state index in [0.717, 1.165) is 38.3 Å². The molecule has 34 heavy (non-hydrogen) atoms. The minimum atomic E-state index is -2.58. The summed E-state index contributed by atoms with van der Waals surface area (Å²) in [6.07, 6.45) is 16.3. The quantitative estimate of drug-likeness (QED) is 0.0780. The Hall–Kier alpha value is -0.0631. The van der Waals surface area contributed by atoms with Crippen LogP contribution in [0.25, 0.3) is 0 Å². The molecule has 0 aromatic carbocycles. The maximum absolute atomic E-state index is 10.7. The van der Waals surface area contributed by atoms with Crippen molar-refractivity contribution in [3.63, 3.8) is 0 Å². The molecule has 1 rings (SSSR count). The fraction of sp³-hybridized carbons (Fsp3) is 1.00. The van der Waals surface area contributed by atoms with E-state index in [1.54, 1.807) is 21.3 Å². The number of aliphatic hydroxyl groups excluding tert-OH is 1. The van der Waals surface area contributed by atoms with Crippen molar-refractivity contribution in [3.8, 4) is 0 Å². The summed E-state index contributed by atoms with van der Waals surface area (Å²) in [4.78, 5) is 4.78. The molecule has 0 amide bonds. The first-order chi connectivity index (χ1) is 16.6. The summed E-state index contributed by atoms with van der Waals surface area (Å²) in [7, 11) is 2.32. The maximum Gasteiger partial charge on any atom is 0.500 e. The molecule has 0 aromatic heterocycles. The van der Waals surface area contributed by atoms with E-state index in [2.05, 4.69) is 6.92 Å². The second-order valence-electron chi connectivity index (χ2n) is 9.97. The zero-order valence-electron chi connectivity index (χ0n) is 22.5. The molecule has 0 spiro atoms. The van der Waals surface area contributed by atoms with Crippen LogP contribution in [0.15, 0.2) is 0 Å². The maximum atomic E-state index is 10.7. The van der Waals surface area contributed by atoms with Gasteiger partial charge in [-0.05, 0) is 38.0 Å². The molecule has 4 atom stereocenters. The van der Waals surface area contributed by atoms with Crippen molar-refractivity contribution >= 4 is 8.80 Å². The summed E-state index contributed by atoms with van der Waals surface area (Å²) in [5.74, 6) is 0.335. The van der Waals surface area contributed by atoms with Gasteiger partial charge in [0.25, 0.3) is 0 Å². The molecule has 0 aromatic rings. The zero-order chi connectivity index (χ0) is 25.1. The van der Waals surface area contributed by atoms with Crippen LogP contribution in [-0.4, -0.2) is 65.9 Å². The van der Waals surface area contributed by atoms with E-state index in [-0.39, 0.29) is 12.0 Å². The average molecular weight is 507 g/mol. The Morgan fingerprint density at radius 3 is 1.94 bits per heavy atom. The summed E-state index contributed by atoms with van der Waals surface area (Å²) in [6, 6.07) is 0.741. The van der Waals surface area contributed by atoms with E-state index in [1.165, 1.54) is 57.8 Å². The van der Waals surface area contributed by atoms with Crippen LogP contribution in [0.1, 0.15) is 103 Å². The third-order valence-electron chi connectivity index (χ3n) is 7.57. The SMILES string of the molecule is CCCCCCCCCCCCOCCC(OO)C1CCC(CC[Si](OC)(OC)OC)CC1O. The van der Waals surface area contributed by atoms with Gasteiger partial charge in [0.15, 0.2) is 0 Å². The highest BCUT2D eigenvalue weighted by Gasteiger charge is 2.40. The van der Waals surface area contributed by atoms with Crippen LogP contribution in [0.5, 0.6) is 0 Å². The van der Waals surface area contributed by atoms with Gasteiger partial charge in [-0.15, -0.1) is 0 Å². The number of aliphatic hydroxyl groups is 1. The summed E-state index contributed by atoms with van der Waals surface area (Å²) in [5, 5.41) is 20.2. The van der Waals surface area contributed by atoms with Crippen molar-refractivity contribution < 1.29 is 33.3 Å². The van der Waals surface area contributed by atoms with Gasteiger partial charge in [-0.2, -0.15) is 0 Å². The van der Waals surface area contributed by atoms with Gasteiger partial charge < -0.3 is 23.1 Å². The molecule has 0 heterocycles. The third kappa shape index (κ3) is 12.8. The van der Waals surface area contributed by atoms with Gasteiger partial charge in [0.1, 0.15) is 6.10 Å². The summed E-state index contributed by atoms with van der Waals surface area (Å²) < 4.78 is 22.3. The van der Waals surface area contributed by atoms with Crippen molar-refractivity contribution in [1.29, 1.82) is 0 Å². The standard InChI is InChI=1S/C26H54O7Si/c1-5-6-7-8-9-10-11-12-13-14-19-32-20-17-26(33-28)24-16-15-23(22-25(24)27)18-21-34(29-2,30-3)31-4/h23-28H,5-22H2,1-4H3. The van der Waals surface area contributed by atoms with Crippen LogP contribution >= 0.6 is 0 Å². The first-order valence-electron chi connectivity index (χ1n) is 13.8. The Morgan fingerprint density at radius 2 is 1.41 bits per heavy atom. The fourth-order valence-electron chi connectivity index (χ4n) is 5.23. The van der Waals surface area contributed by atoms with Gasteiger partial charge in [0.2, 0.25) is 0 Å². The molecule has 0 saturated heterocycles. The third-order valence-corrected chi connectivity index (χ3v) is 10.3. The number of unbranched alkanes of at least 4 members (excludes halogenated alkanes) is 9. The molecular formula is C26H54O7Si. The van der Waals surface area contributed by atoms with E-state index in [9.17, 15) is 10.4 Å². The second kappa shape index (κ2) is 20.0. The van der Waals surface area contributed by atoms with Gasteiger partial charge in [-0.25, -0.2) is 4.89 Å². The number of hydrogen-bond acceptors (Lipinski definition) is 7. The molecule has 0 radical (unpaired) electrons. The number of ether oxygens (including phenoxy) is 1. The highest BCUT2D eigenvalue weighted by molar-refractivity contribution is 6.60. The molecule has 1 aliphatic carbocycles. The smallest absolute Gasteiger partial charge is 0.393 e. The van der Waals surface area contributed by atoms with Crippen molar-refractivity contribution in [1.82, 2.24) is 0 Å². The molecular weight excluding hydrogens is 452 g/mol. The lowest BCUT2D eigenvalue weighted by Gasteiger charge is -2.37. The molecule has 1 fully saturated rings. The van der Waals surface area contributed by atoms with E-state index >= 15 is 0 Å². The average Bonchev–Trinajstić information content (AvgIpc) is 2.86. The van der Waals surface area contributed by atoms with E-state index in [1.807, 2.05) is 0 Å². The first-order valence-corrected chi connectivity index (χ1v) is 15.7. The lowest BCUT2D eigenvalue weighted by Crippen LogP contribution is -2.44. The van der Waals surface area contributed by atoms with Gasteiger partial charge in [-0.1, -0.05) is 64.7 Å². The summed E-state index contributed by atoms with van der Waals surface area (Å²) >= 11 is 0. The van der Waals surface area contributed by atoms with Crippen LogP contribution < -0.4 is 0 Å². The predicted molar refractivity (Wildman–Crippen MR) is 138 cm³/mol. The summed E-state index contributed by atoms with van der Waals surface area (Å²) in [5.41, 5.74) is 0. The second-order valence-corrected chi connectivity index (χ2v) is 13.1. The van der Waals surface area contributed by atoms with E-state index < -0.39 is 14.9 Å². The fourth-order valence-corrected chi connectivity index (χ4v) is 7.10. The van der Waals surface area contributed by atoms with Crippen molar-refractivity contribution in [2.45, 2.75) is 121 Å². The Labute approximate surface area is 210 Å². The molecule has 7 nitrogen and oxygen atoms in total. The predicted octanol–water partition coefficient (Wildman–Crippen LogP) is 6.22. The number of rotatable bonds is 22. The Bertz CT molecular complexity index is 456. The highest BCUT2D eigenvalue weighted by Crippen LogP contribution is 2.36. The Balaban J connectivity index is 2.14. The first kappa shape index (κ1) is 32.0. The minimum absolute atomic E-state index is 0.0588. The topological polar surface area (TPSA) is 86.6 Å². The zero-order valence-corrected chi connectivity index (χ0v) is 23.5. The van der Waals surface area contributed by atoms with Crippen LogP contribution in [0, 0.1) is 11.8 Å². The largest absolute Gasteiger partial charge is 0.500 e. The van der Waals surface area contributed by atoms with Crippen molar-refractivity contribution in [2.75, 3.05) is 34.5 Å². The van der Waals surface area contributed by atoms with Gasteiger partial charge in [0, 0.05) is 52.9 Å². The molecule has 0 aliphatic heterocycles. The highest BCUT2D eigenvalue weighted by atomic mass is 28.4. The van der Waals surface area contributed by atoms with Crippen LogP contribution in [-0.2, 0) is 22.9 Å². The molecule has 1 saturated carbocycles. The normalized spacial score (nSPS) is 22.2. The van der Waals surface area contributed by atoms with Crippen LogP contribution in [0.2, 0.25) is 6.04 Å². The molecule has 1 aliphatic rings. The summed E-state index contributed by atoms with van der Waals surface area (Å²) in [6.45, 7) is 3.57. The van der Waals surface area contributed by atoms with Gasteiger partial charge >= 0.3 is 8.80 Å². The molecule has 2 N–H and O–H groups in total. The van der Waals surface area contributed by atoms with E-state index in [0.29, 0.717) is 25.4 Å². The van der Waals surface area contributed by atoms with E-state index in [4.69, 9.17) is 22.9 Å². The lowest BCUT2D eigenvalue weighted by molar-refractivity contribution is -0.301. The molecule has 204 valence electrons. The minimum Gasteiger partial charge on any atom is -0.393 e. The van der Waals surface area contributed by atoms with Crippen LogP contribution in [0.3, 0.4) is 0 Å². The van der Waals surface area contributed by atoms with Gasteiger partial charge in [0.05, 0.1) is 6.10 Å². The Morgan fingerprint density at radius 1 is 0.824 bits per heavy atom. The van der Waals surface area contributed by atoms with Crippen molar-refractivity contribution in [3.05, 3.63) is 0 Å². The van der Waals surface area contributed by atoms with Crippen molar-refractivity contribution in [2.24, 2.45) is 11.8 Å². The molecule has 4 unspecified atom stereocenters. The molecule has 8 heteroatoms. The molecule has 0 bridgehead atoms.